The maximum Gasteiger partial charge on any atom is 0.265 e. The van der Waals surface area contributed by atoms with Gasteiger partial charge in [-0.2, -0.15) is 8.42 Å². The summed E-state index contributed by atoms with van der Waals surface area (Å²) in [6, 6.07) is 13.4. The van der Waals surface area contributed by atoms with E-state index in [9.17, 15) is 8.42 Å². The largest absolute Gasteiger partial charge is 0.362 e. The third-order valence-electron chi connectivity index (χ3n) is 5.94. The lowest BCUT2D eigenvalue weighted by Crippen LogP contribution is -2.33. The second-order valence-electron chi connectivity index (χ2n) is 9.69. The van der Waals surface area contributed by atoms with Gasteiger partial charge in [-0.1, -0.05) is 53.6 Å². The van der Waals surface area contributed by atoms with Crippen LogP contribution in [-0.2, 0) is 16.7 Å². The number of pyridine rings is 1. The summed E-state index contributed by atoms with van der Waals surface area (Å²) in [5, 5.41) is 1.44. The van der Waals surface area contributed by atoms with Crippen molar-refractivity contribution in [1.82, 2.24) is 0 Å². The Kier molecular flexibility index (Phi) is 9.78. The average molecular weight is 524 g/mol. The molecule has 196 valence electrons. The van der Waals surface area contributed by atoms with Crippen LogP contribution in [0.4, 0.5) is 10.1 Å². The van der Waals surface area contributed by atoms with Crippen LogP contribution in [0, 0.1) is 5.82 Å². The highest BCUT2D eigenvalue weighted by Crippen LogP contribution is 2.29. The summed E-state index contributed by atoms with van der Waals surface area (Å²) in [6.45, 7) is 9.98. The van der Waals surface area contributed by atoms with Crippen LogP contribution >= 0.6 is 0 Å². The smallest absolute Gasteiger partial charge is 0.265 e. The van der Waals surface area contributed by atoms with E-state index in [1.807, 2.05) is 104 Å². The molecule has 7 heteroatoms. The number of aryl methyl sites for hydroxylation is 1. The molecule has 0 fully saturated rings. The van der Waals surface area contributed by atoms with Gasteiger partial charge in [-0.25, -0.2) is 8.96 Å². The van der Waals surface area contributed by atoms with Crippen molar-refractivity contribution in [3.8, 4) is 0 Å². The molecule has 37 heavy (non-hydrogen) atoms. The summed E-state index contributed by atoms with van der Waals surface area (Å²) in [4.78, 5) is 2.05. The molecule has 1 heterocycles. The van der Waals surface area contributed by atoms with Crippen molar-refractivity contribution < 1.29 is 21.9 Å². The zero-order valence-electron chi connectivity index (χ0n) is 22.0. The molecule has 0 aliphatic rings. The van der Waals surface area contributed by atoms with Gasteiger partial charge in [0.15, 0.2) is 18.2 Å². The fourth-order valence-corrected chi connectivity index (χ4v) is 4.35. The highest BCUT2D eigenvalue weighted by atomic mass is 32.2. The van der Waals surface area contributed by atoms with E-state index in [1.165, 1.54) is 11.1 Å². The van der Waals surface area contributed by atoms with Crippen LogP contribution in [0.25, 0.3) is 22.9 Å². The predicted molar refractivity (Wildman–Crippen MR) is 152 cm³/mol. The first-order valence-corrected chi connectivity index (χ1v) is 14.0. The molecule has 0 saturated heterocycles. The molecular formula is C30H36FN2O3S+. The normalized spacial score (nSPS) is 11.6. The highest BCUT2D eigenvalue weighted by Gasteiger charge is 2.13. The van der Waals surface area contributed by atoms with Crippen LogP contribution in [0.1, 0.15) is 45.2 Å². The average Bonchev–Trinajstić information content (AvgIpc) is 2.83. The van der Waals surface area contributed by atoms with Gasteiger partial charge in [0, 0.05) is 37.0 Å². The Morgan fingerprint density at radius 3 is 2.14 bits per heavy atom. The fourth-order valence-electron chi connectivity index (χ4n) is 3.85. The Bertz CT molecular complexity index is 1400. The molecule has 0 atom stereocenters. The summed E-state index contributed by atoms with van der Waals surface area (Å²) in [5.41, 5.74) is 4.95. The van der Waals surface area contributed by atoms with E-state index in [2.05, 4.69) is 12.2 Å². The summed E-state index contributed by atoms with van der Waals surface area (Å²) in [6.07, 6.45) is 12.3. The summed E-state index contributed by atoms with van der Waals surface area (Å²) in [5.74, 6) is -0.465. The molecule has 1 N–H and O–H groups in total. The van der Waals surface area contributed by atoms with Crippen molar-refractivity contribution in [2.24, 2.45) is 0 Å². The molecule has 5 nitrogen and oxygen atoms in total. The van der Waals surface area contributed by atoms with Crippen LogP contribution in [0.15, 0.2) is 78.2 Å². The van der Waals surface area contributed by atoms with Crippen LogP contribution < -0.4 is 9.47 Å². The quantitative estimate of drug-likeness (QED) is 0.178. The van der Waals surface area contributed by atoms with E-state index < -0.39 is 10.1 Å². The zero-order valence-corrected chi connectivity index (χ0v) is 22.8. The van der Waals surface area contributed by atoms with E-state index in [0.29, 0.717) is 37.1 Å². The third-order valence-corrected chi connectivity index (χ3v) is 6.75. The minimum Gasteiger partial charge on any atom is -0.362 e. The monoisotopic (exact) mass is 523 g/mol. The topological polar surface area (TPSA) is 61.5 Å². The molecule has 0 saturated carbocycles. The molecule has 1 aromatic heterocycles. The maximum atomic E-state index is 15.6. The van der Waals surface area contributed by atoms with Crippen molar-refractivity contribution in [2.45, 2.75) is 40.7 Å². The number of hydrogen-bond acceptors (Lipinski definition) is 3. The van der Waals surface area contributed by atoms with Crippen LogP contribution in [0.2, 0.25) is 0 Å². The van der Waals surface area contributed by atoms with Crippen molar-refractivity contribution >= 4 is 38.7 Å². The molecular weight excluding hydrogens is 487 g/mol. The van der Waals surface area contributed by atoms with Gasteiger partial charge >= 0.3 is 0 Å². The minimum atomic E-state index is -3.93. The standard InChI is InChI=1S/C30H35FN2O3S/c1-23(2)12-19-33(20-13-24(3)4)29-11-9-27-22-26(8-10-28(27)30(29)31)7-6-25-14-17-32(18-15-25)16-5-21-37(34,35)36/h6-15,17-18,22H,5,16,19-21H2,1-4H3/p+1. The third kappa shape index (κ3) is 8.95. The van der Waals surface area contributed by atoms with Crippen molar-refractivity contribution in [1.29, 1.82) is 0 Å². The Hall–Kier alpha value is -3.29. The molecule has 0 aliphatic carbocycles. The van der Waals surface area contributed by atoms with E-state index in [4.69, 9.17) is 4.55 Å². The lowest BCUT2D eigenvalue weighted by Gasteiger charge is -2.24. The number of fused-ring (bicyclic) bond motifs is 1. The minimum absolute atomic E-state index is 0.209. The number of nitrogens with zero attached hydrogens (tertiary/aromatic N) is 2. The second kappa shape index (κ2) is 12.8. The Morgan fingerprint density at radius 2 is 1.54 bits per heavy atom. The van der Waals surface area contributed by atoms with Crippen LogP contribution in [0.5, 0.6) is 0 Å². The Balaban J connectivity index is 1.76. The molecule has 2 aromatic carbocycles. The molecule has 0 aliphatic heterocycles. The van der Waals surface area contributed by atoms with Gasteiger partial charge in [-0.3, -0.25) is 4.55 Å². The zero-order chi connectivity index (χ0) is 27.0. The van der Waals surface area contributed by atoms with Crippen LogP contribution in [0.3, 0.4) is 0 Å². The maximum absolute atomic E-state index is 15.6. The number of anilines is 1. The van der Waals surface area contributed by atoms with Crippen LogP contribution in [-0.4, -0.2) is 31.8 Å². The van der Waals surface area contributed by atoms with Crippen molar-refractivity contribution in [2.75, 3.05) is 23.7 Å². The Morgan fingerprint density at radius 1 is 0.919 bits per heavy atom. The summed E-state index contributed by atoms with van der Waals surface area (Å²) in [7, 11) is -3.93. The number of hydrogen-bond donors (Lipinski definition) is 1. The lowest BCUT2D eigenvalue weighted by molar-refractivity contribution is -0.696. The summed E-state index contributed by atoms with van der Waals surface area (Å²) >= 11 is 0. The molecule has 0 spiro atoms. The van der Waals surface area contributed by atoms with E-state index in [1.54, 1.807) is 0 Å². The van der Waals surface area contributed by atoms with E-state index in [0.717, 1.165) is 16.5 Å². The molecule has 3 aromatic rings. The van der Waals surface area contributed by atoms with Gasteiger partial charge in [0.1, 0.15) is 6.54 Å². The molecule has 0 radical (unpaired) electrons. The van der Waals surface area contributed by atoms with Gasteiger partial charge in [0.25, 0.3) is 10.1 Å². The van der Waals surface area contributed by atoms with Gasteiger partial charge in [-0.05, 0) is 56.3 Å². The van der Waals surface area contributed by atoms with E-state index in [-0.39, 0.29) is 11.6 Å². The molecule has 0 amide bonds. The van der Waals surface area contributed by atoms with Crippen molar-refractivity contribution in [3.05, 3.63) is 95.1 Å². The van der Waals surface area contributed by atoms with Gasteiger partial charge in [0.05, 0.1) is 11.4 Å². The molecule has 3 rings (SSSR count). The Labute approximate surface area is 220 Å². The highest BCUT2D eigenvalue weighted by molar-refractivity contribution is 7.85. The van der Waals surface area contributed by atoms with Crippen molar-refractivity contribution in [3.63, 3.8) is 0 Å². The van der Waals surface area contributed by atoms with Gasteiger partial charge in [-0.15, -0.1) is 0 Å². The number of halogens is 1. The second-order valence-corrected chi connectivity index (χ2v) is 11.3. The SMILES string of the molecule is CC(C)=CCN(CC=C(C)C)c1ccc2cc(/C=C/c3cc[n+](CCCS(=O)(=O)O)cc3)ccc2c1F. The fraction of sp³-hybridized carbons (Fsp3) is 0.300. The number of rotatable bonds is 11. The van der Waals surface area contributed by atoms with Gasteiger partial charge in [0.2, 0.25) is 0 Å². The number of aromatic nitrogens is 1. The summed E-state index contributed by atoms with van der Waals surface area (Å²) < 4.78 is 48.0. The van der Waals surface area contributed by atoms with E-state index >= 15 is 4.39 Å². The predicted octanol–water partition coefficient (Wildman–Crippen LogP) is 6.45. The molecule has 0 bridgehead atoms. The first kappa shape index (κ1) is 28.3. The molecule has 0 unspecified atom stereocenters. The first-order chi connectivity index (χ1) is 17.5. The number of benzene rings is 2. The first-order valence-electron chi connectivity index (χ1n) is 12.4. The van der Waals surface area contributed by atoms with Gasteiger partial charge < -0.3 is 4.90 Å². The lowest BCUT2D eigenvalue weighted by atomic mass is 10.0. The number of allylic oxidation sites excluding steroid dienone is 2.